The van der Waals surface area contributed by atoms with E-state index in [0.29, 0.717) is 34.1 Å². The molecular weight excluding hydrogens is 408 g/mol. The molecule has 0 spiro atoms. The first-order valence-corrected chi connectivity index (χ1v) is 9.64. The van der Waals surface area contributed by atoms with Crippen LogP contribution in [-0.2, 0) is 0 Å². The highest BCUT2D eigenvalue weighted by Crippen LogP contribution is 2.24. The van der Waals surface area contributed by atoms with Gasteiger partial charge in [-0.25, -0.2) is 0 Å². The van der Waals surface area contributed by atoms with Gasteiger partial charge in [0.15, 0.2) is 0 Å². The second-order valence-electron chi connectivity index (χ2n) is 6.69. The summed E-state index contributed by atoms with van der Waals surface area (Å²) in [5.74, 6) is 6.82. The van der Waals surface area contributed by atoms with E-state index in [4.69, 9.17) is 18.9 Å². The van der Waals surface area contributed by atoms with Crippen LogP contribution in [0.2, 0.25) is 0 Å². The van der Waals surface area contributed by atoms with Gasteiger partial charge in [0.2, 0.25) is 11.6 Å². The largest absolute Gasteiger partial charge is 0.497 e. The maximum atomic E-state index is 12.8. The van der Waals surface area contributed by atoms with Crippen LogP contribution in [-0.4, -0.2) is 40.0 Å². The van der Waals surface area contributed by atoms with Gasteiger partial charge in [-0.15, -0.1) is 0 Å². The Balaban J connectivity index is 1.88. The van der Waals surface area contributed by atoms with E-state index < -0.39 is 11.6 Å². The molecule has 0 aliphatic heterocycles. The molecule has 0 aliphatic rings. The Morgan fingerprint density at radius 1 is 0.562 bits per heavy atom. The van der Waals surface area contributed by atoms with E-state index in [1.807, 2.05) is 0 Å². The molecule has 3 aromatic carbocycles. The molecule has 6 nitrogen and oxygen atoms in total. The predicted molar refractivity (Wildman–Crippen MR) is 120 cm³/mol. The average Bonchev–Trinajstić information content (AvgIpc) is 2.85. The van der Waals surface area contributed by atoms with Gasteiger partial charge < -0.3 is 18.9 Å². The average molecular weight is 430 g/mol. The van der Waals surface area contributed by atoms with Crippen LogP contribution < -0.4 is 18.9 Å². The Hall–Kier alpha value is -4.24. The smallest absolute Gasteiger partial charge is 0.233 e. The standard InChI is InChI=1S/C26H22O6/c1-29-21-11-18(12-22(15-21)30-2)9-8-17-6-5-7-19(10-17)25(27)26(28)20-13-23(31-3)16-24(14-20)32-4/h5-7,10-16H,1-4H3. The third-order valence-corrected chi connectivity index (χ3v) is 4.65. The molecule has 0 saturated heterocycles. The Morgan fingerprint density at radius 3 is 1.56 bits per heavy atom. The van der Waals surface area contributed by atoms with E-state index in [1.165, 1.54) is 26.4 Å². The summed E-state index contributed by atoms with van der Waals surface area (Å²) < 4.78 is 20.9. The SMILES string of the molecule is COc1cc(C#Cc2cccc(C(=O)C(=O)c3cc(OC)cc(OC)c3)c2)cc(OC)c1. The number of carbonyl (C=O) groups is 2. The first kappa shape index (κ1) is 22.4. The number of rotatable bonds is 7. The highest BCUT2D eigenvalue weighted by atomic mass is 16.5. The van der Waals surface area contributed by atoms with Gasteiger partial charge >= 0.3 is 0 Å². The topological polar surface area (TPSA) is 71.1 Å². The fourth-order valence-electron chi connectivity index (χ4n) is 2.96. The molecule has 32 heavy (non-hydrogen) atoms. The minimum Gasteiger partial charge on any atom is -0.497 e. The number of benzene rings is 3. The predicted octanol–water partition coefficient (Wildman–Crippen LogP) is 4.19. The van der Waals surface area contributed by atoms with Crippen LogP contribution in [0.1, 0.15) is 31.8 Å². The van der Waals surface area contributed by atoms with Gasteiger partial charge in [0.1, 0.15) is 23.0 Å². The van der Waals surface area contributed by atoms with Crippen LogP contribution in [0.5, 0.6) is 23.0 Å². The Kier molecular flexibility index (Phi) is 7.14. The lowest BCUT2D eigenvalue weighted by Gasteiger charge is -2.07. The van der Waals surface area contributed by atoms with E-state index in [2.05, 4.69) is 11.8 Å². The first-order valence-electron chi connectivity index (χ1n) is 9.64. The van der Waals surface area contributed by atoms with Crippen LogP contribution in [0.25, 0.3) is 0 Å². The molecule has 0 N–H and O–H groups in total. The molecule has 3 rings (SSSR count). The highest BCUT2D eigenvalue weighted by Gasteiger charge is 2.20. The fraction of sp³-hybridized carbons (Fsp3) is 0.154. The molecule has 0 amide bonds. The van der Waals surface area contributed by atoms with Crippen molar-refractivity contribution in [2.45, 2.75) is 0 Å². The number of ketones is 2. The summed E-state index contributed by atoms with van der Waals surface area (Å²) in [7, 11) is 6.09. The van der Waals surface area contributed by atoms with Crippen LogP contribution in [0, 0.1) is 11.8 Å². The van der Waals surface area contributed by atoms with Crippen molar-refractivity contribution in [3.63, 3.8) is 0 Å². The van der Waals surface area contributed by atoms with E-state index in [9.17, 15) is 9.59 Å². The van der Waals surface area contributed by atoms with Crippen molar-refractivity contribution in [2.24, 2.45) is 0 Å². The molecule has 0 radical (unpaired) electrons. The number of hydrogen-bond donors (Lipinski definition) is 0. The van der Waals surface area contributed by atoms with Crippen LogP contribution in [0.15, 0.2) is 60.7 Å². The van der Waals surface area contributed by atoms with Crippen molar-refractivity contribution >= 4 is 11.6 Å². The molecule has 0 atom stereocenters. The van der Waals surface area contributed by atoms with Crippen molar-refractivity contribution in [1.82, 2.24) is 0 Å². The summed E-state index contributed by atoms with van der Waals surface area (Å²) in [6, 6.07) is 16.6. The Morgan fingerprint density at radius 2 is 1.03 bits per heavy atom. The number of ether oxygens (including phenoxy) is 4. The van der Waals surface area contributed by atoms with Gasteiger partial charge in [-0.3, -0.25) is 9.59 Å². The van der Waals surface area contributed by atoms with Gasteiger partial charge in [-0.05, 0) is 36.4 Å². The van der Waals surface area contributed by atoms with Crippen LogP contribution >= 0.6 is 0 Å². The number of hydrogen-bond acceptors (Lipinski definition) is 6. The quantitative estimate of drug-likeness (QED) is 0.318. The summed E-state index contributed by atoms with van der Waals surface area (Å²) >= 11 is 0. The van der Waals surface area contributed by atoms with E-state index in [1.54, 1.807) is 62.8 Å². The van der Waals surface area contributed by atoms with Crippen LogP contribution in [0.3, 0.4) is 0 Å². The zero-order chi connectivity index (χ0) is 23.1. The third-order valence-electron chi connectivity index (χ3n) is 4.65. The van der Waals surface area contributed by atoms with Crippen LogP contribution in [0.4, 0.5) is 0 Å². The molecular formula is C26H22O6. The van der Waals surface area contributed by atoms with E-state index >= 15 is 0 Å². The summed E-state index contributed by atoms with van der Waals surface area (Å²) in [6.07, 6.45) is 0. The molecule has 0 heterocycles. The zero-order valence-electron chi connectivity index (χ0n) is 18.2. The summed E-state index contributed by atoms with van der Waals surface area (Å²) in [5, 5.41) is 0. The van der Waals surface area contributed by atoms with Crippen molar-refractivity contribution in [2.75, 3.05) is 28.4 Å². The van der Waals surface area contributed by atoms with Crippen molar-refractivity contribution in [3.8, 4) is 34.8 Å². The second kappa shape index (κ2) is 10.2. The van der Waals surface area contributed by atoms with E-state index in [-0.39, 0.29) is 11.1 Å². The summed E-state index contributed by atoms with van der Waals surface area (Å²) in [5.41, 5.74) is 1.71. The number of Topliss-reactive ketones (excluding diaryl/α,β-unsaturated/α-hetero) is 2. The Bertz CT molecular complexity index is 1170. The minimum atomic E-state index is -0.662. The Labute approximate surface area is 186 Å². The summed E-state index contributed by atoms with van der Waals surface area (Å²) in [6.45, 7) is 0. The number of methoxy groups -OCH3 is 4. The van der Waals surface area contributed by atoms with Gasteiger partial charge in [0, 0.05) is 34.4 Å². The molecule has 0 bridgehead atoms. The molecule has 3 aromatic rings. The molecule has 0 aromatic heterocycles. The fourth-order valence-corrected chi connectivity index (χ4v) is 2.96. The third kappa shape index (κ3) is 5.27. The van der Waals surface area contributed by atoms with E-state index in [0.717, 1.165) is 0 Å². The van der Waals surface area contributed by atoms with Crippen molar-refractivity contribution < 1.29 is 28.5 Å². The molecule has 0 unspecified atom stereocenters. The van der Waals surface area contributed by atoms with Gasteiger partial charge in [-0.1, -0.05) is 24.0 Å². The molecule has 0 fully saturated rings. The zero-order valence-corrected chi connectivity index (χ0v) is 18.2. The normalized spacial score (nSPS) is 9.88. The monoisotopic (exact) mass is 430 g/mol. The van der Waals surface area contributed by atoms with Crippen molar-refractivity contribution in [1.29, 1.82) is 0 Å². The highest BCUT2D eigenvalue weighted by molar-refractivity contribution is 6.49. The summed E-state index contributed by atoms with van der Waals surface area (Å²) in [4.78, 5) is 25.6. The first-order chi connectivity index (χ1) is 15.5. The number of carbonyl (C=O) groups excluding carboxylic acids is 2. The maximum absolute atomic E-state index is 12.8. The van der Waals surface area contributed by atoms with Gasteiger partial charge in [0.05, 0.1) is 28.4 Å². The lowest BCUT2D eigenvalue weighted by atomic mass is 9.99. The van der Waals surface area contributed by atoms with Gasteiger partial charge in [-0.2, -0.15) is 0 Å². The van der Waals surface area contributed by atoms with Crippen molar-refractivity contribution in [3.05, 3.63) is 82.9 Å². The second-order valence-corrected chi connectivity index (χ2v) is 6.69. The molecule has 6 heteroatoms. The molecule has 0 saturated carbocycles. The molecule has 162 valence electrons. The lowest BCUT2D eigenvalue weighted by Crippen LogP contribution is -2.15. The van der Waals surface area contributed by atoms with Gasteiger partial charge in [0.25, 0.3) is 0 Å². The minimum absolute atomic E-state index is 0.186. The lowest BCUT2D eigenvalue weighted by molar-refractivity contribution is 0.0816. The maximum Gasteiger partial charge on any atom is 0.233 e. The molecule has 0 aliphatic carbocycles.